The van der Waals surface area contributed by atoms with Crippen molar-refractivity contribution in [3.63, 3.8) is 0 Å². The minimum Gasteiger partial charge on any atom is -0.390 e. The summed E-state index contributed by atoms with van der Waals surface area (Å²) in [4.78, 5) is 25.4. The van der Waals surface area contributed by atoms with Crippen molar-refractivity contribution < 1.29 is 33.7 Å². The predicted octanol–water partition coefficient (Wildman–Crippen LogP) is 3.20. The lowest BCUT2D eigenvalue weighted by Gasteiger charge is -2.62. The second kappa shape index (κ2) is 7.06. The van der Waals surface area contributed by atoms with Gasteiger partial charge in [-0.15, -0.1) is 0 Å². The Kier molecular flexibility index (Phi) is 4.99. The quantitative estimate of drug-likeness (QED) is 0.667. The van der Waals surface area contributed by atoms with Crippen LogP contribution >= 0.6 is 0 Å². The van der Waals surface area contributed by atoms with E-state index in [4.69, 9.17) is 9.47 Å². The third-order valence-electron chi connectivity index (χ3n) is 10.1. The second-order valence-electron chi connectivity index (χ2n) is 11.1. The molecule has 0 amide bonds. The van der Waals surface area contributed by atoms with E-state index in [1.165, 1.54) is 12.2 Å². The van der Waals surface area contributed by atoms with E-state index < -0.39 is 58.4 Å². The number of hydrogen-bond donors (Lipinski definition) is 2. The van der Waals surface area contributed by atoms with Crippen LogP contribution in [0.3, 0.4) is 0 Å². The molecule has 8 atom stereocenters. The van der Waals surface area contributed by atoms with Crippen molar-refractivity contribution >= 4 is 11.6 Å². The van der Waals surface area contributed by atoms with Gasteiger partial charge in [-0.2, -0.15) is 0 Å². The molecule has 0 bridgehead atoms. The maximum absolute atomic E-state index is 17.3. The molecule has 0 aromatic rings. The lowest BCUT2D eigenvalue weighted by Crippen LogP contribution is -2.70. The summed E-state index contributed by atoms with van der Waals surface area (Å²) in [6, 6.07) is 0. The fourth-order valence-corrected chi connectivity index (χ4v) is 8.31. The van der Waals surface area contributed by atoms with Crippen LogP contribution in [0.25, 0.3) is 0 Å². The van der Waals surface area contributed by atoms with Gasteiger partial charge in [-0.3, -0.25) is 9.59 Å². The Balaban J connectivity index is 1.63. The number of aliphatic hydroxyl groups is 2. The maximum Gasteiger partial charge on any atom is 0.193 e. The van der Waals surface area contributed by atoms with Crippen molar-refractivity contribution in [3.05, 3.63) is 23.8 Å². The molecular weight excluding hydrogens is 427 g/mol. The number of carbonyl (C=O) groups excluding carboxylic acids is 2. The molecule has 0 aromatic carbocycles. The van der Waals surface area contributed by atoms with Gasteiger partial charge in [0.15, 0.2) is 28.6 Å². The zero-order valence-electron chi connectivity index (χ0n) is 19.9. The average molecular weight is 463 g/mol. The van der Waals surface area contributed by atoms with Crippen LogP contribution in [0.1, 0.15) is 66.2 Å². The van der Waals surface area contributed by atoms with Gasteiger partial charge >= 0.3 is 0 Å². The van der Waals surface area contributed by atoms with E-state index in [-0.39, 0.29) is 18.1 Å². The molecule has 182 valence electrons. The Labute approximate surface area is 194 Å². The van der Waals surface area contributed by atoms with Gasteiger partial charge in [0, 0.05) is 16.7 Å². The number of fused-ring (bicyclic) bond motifs is 7. The summed E-state index contributed by atoms with van der Waals surface area (Å²) in [7, 11) is 0. The Bertz CT molecular complexity index is 954. The minimum atomic E-state index is -1.98. The van der Waals surface area contributed by atoms with Gasteiger partial charge in [0.2, 0.25) is 0 Å². The summed E-state index contributed by atoms with van der Waals surface area (Å²) < 4.78 is 30.2. The minimum absolute atomic E-state index is 0.0183. The van der Waals surface area contributed by atoms with E-state index in [1.807, 2.05) is 20.8 Å². The van der Waals surface area contributed by atoms with E-state index in [0.29, 0.717) is 32.1 Å². The highest BCUT2D eigenvalue weighted by atomic mass is 19.1. The Morgan fingerprint density at radius 1 is 1.24 bits per heavy atom. The Hall–Kier alpha value is -1.41. The molecule has 7 heteroatoms. The van der Waals surface area contributed by atoms with Crippen molar-refractivity contribution in [1.29, 1.82) is 0 Å². The monoisotopic (exact) mass is 462 g/mol. The van der Waals surface area contributed by atoms with Crippen LogP contribution in [-0.4, -0.2) is 57.7 Å². The normalized spacial score (nSPS) is 49.7. The van der Waals surface area contributed by atoms with E-state index in [1.54, 1.807) is 13.0 Å². The van der Waals surface area contributed by atoms with Crippen LogP contribution in [-0.2, 0) is 19.1 Å². The molecule has 6 nitrogen and oxygen atoms in total. The van der Waals surface area contributed by atoms with Crippen molar-refractivity contribution in [2.24, 2.45) is 22.7 Å². The lowest BCUT2D eigenvalue weighted by molar-refractivity contribution is -0.256. The summed E-state index contributed by atoms with van der Waals surface area (Å²) in [5, 5.41) is 21.4. The third kappa shape index (κ3) is 2.52. The van der Waals surface area contributed by atoms with Gasteiger partial charge in [0.25, 0.3) is 0 Å². The largest absolute Gasteiger partial charge is 0.390 e. The van der Waals surface area contributed by atoms with Crippen LogP contribution in [0.4, 0.5) is 4.39 Å². The molecule has 3 saturated carbocycles. The molecule has 4 fully saturated rings. The summed E-state index contributed by atoms with van der Waals surface area (Å²) in [6.07, 6.45) is 5.15. The van der Waals surface area contributed by atoms with Crippen LogP contribution in [0, 0.1) is 22.7 Å². The molecule has 1 aliphatic heterocycles. The van der Waals surface area contributed by atoms with Gasteiger partial charge in [0.05, 0.1) is 12.2 Å². The molecule has 1 saturated heterocycles. The van der Waals surface area contributed by atoms with E-state index in [2.05, 4.69) is 0 Å². The highest BCUT2D eigenvalue weighted by Crippen LogP contribution is 2.72. The number of carbonyl (C=O) groups is 2. The molecule has 0 radical (unpaired) electrons. The molecule has 5 aliphatic rings. The van der Waals surface area contributed by atoms with Gasteiger partial charge in [-0.25, -0.2) is 4.39 Å². The molecule has 0 aromatic heterocycles. The topological polar surface area (TPSA) is 93.1 Å². The molecule has 1 heterocycles. The summed E-state index contributed by atoms with van der Waals surface area (Å²) in [5.41, 5.74) is -4.66. The number of Topliss-reactive ketones (excluding diaryl/α,β-unsaturated/α-hetero) is 1. The van der Waals surface area contributed by atoms with Gasteiger partial charge in [0.1, 0.15) is 6.61 Å². The molecular formula is C26H35FO6. The predicted molar refractivity (Wildman–Crippen MR) is 118 cm³/mol. The highest BCUT2D eigenvalue weighted by molar-refractivity contribution is 6.01. The number of hydrogen-bond acceptors (Lipinski definition) is 6. The first-order chi connectivity index (χ1) is 15.5. The van der Waals surface area contributed by atoms with Gasteiger partial charge < -0.3 is 19.7 Å². The van der Waals surface area contributed by atoms with E-state index in [0.717, 1.165) is 5.57 Å². The highest BCUT2D eigenvalue weighted by Gasteiger charge is 2.80. The van der Waals surface area contributed by atoms with Crippen molar-refractivity contribution in [1.82, 2.24) is 0 Å². The first-order valence-electron chi connectivity index (χ1n) is 12.3. The Morgan fingerprint density at radius 3 is 2.58 bits per heavy atom. The summed E-state index contributed by atoms with van der Waals surface area (Å²) in [6.45, 7) is 6.87. The maximum atomic E-state index is 17.3. The van der Waals surface area contributed by atoms with Crippen molar-refractivity contribution in [3.8, 4) is 0 Å². The van der Waals surface area contributed by atoms with Crippen LogP contribution in [0.15, 0.2) is 23.8 Å². The number of alkyl halides is 1. The molecule has 4 aliphatic carbocycles. The molecule has 0 spiro atoms. The zero-order chi connectivity index (χ0) is 24.0. The summed E-state index contributed by atoms with van der Waals surface area (Å²) >= 11 is 0. The second-order valence-corrected chi connectivity index (χ2v) is 11.1. The Morgan fingerprint density at radius 2 is 1.94 bits per heavy atom. The van der Waals surface area contributed by atoms with E-state index in [9.17, 15) is 19.8 Å². The first kappa shape index (κ1) is 23.3. The number of allylic oxidation sites excluding steroid dienone is 4. The third-order valence-corrected chi connectivity index (χ3v) is 10.1. The van der Waals surface area contributed by atoms with Crippen molar-refractivity contribution in [2.45, 2.75) is 95.5 Å². The number of halogens is 1. The zero-order valence-corrected chi connectivity index (χ0v) is 19.9. The van der Waals surface area contributed by atoms with Crippen LogP contribution < -0.4 is 0 Å². The SMILES string of the molecule is CCC1(CC)O[C@@H]2C[C@H]3[C@@H]4CCC5=CC(=O)C=C[C@@]5(C)[C@@]4(F)[C@@H](O)C[C@@]3(C)[C@@]2(C(=O)CO)O1. The first-order valence-corrected chi connectivity index (χ1v) is 12.3. The molecule has 2 N–H and O–H groups in total. The fraction of sp³-hybridized carbons (Fsp3) is 0.769. The molecule has 5 rings (SSSR count). The lowest BCUT2D eigenvalue weighted by atomic mass is 9.44. The number of ether oxygens (including phenoxy) is 2. The molecule has 33 heavy (non-hydrogen) atoms. The van der Waals surface area contributed by atoms with Gasteiger partial charge in [-0.05, 0) is 63.5 Å². The van der Waals surface area contributed by atoms with Crippen LogP contribution in [0.2, 0.25) is 0 Å². The number of rotatable bonds is 4. The smallest absolute Gasteiger partial charge is 0.193 e. The summed E-state index contributed by atoms with van der Waals surface area (Å²) in [5.74, 6) is -2.35. The molecule has 0 unspecified atom stereocenters. The van der Waals surface area contributed by atoms with E-state index >= 15 is 4.39 Å². The number of ketones is 2. The van der Waals surface area contributed by atoms with Crippen LogP contribution in [0.5, 0.6) is 0 Å². The standard InChI is InChI=1S/C26H35FO6/c1-5-24(6-2)32-21-12-18-17-8-7-15-11-16(29)9-10-22(15,3)25(17,27)19(30)13-23(18,4)26(21,33-24)20(31)14-28/h9-11,17-19,21,28,30H,5-8,12-14H2,1-4H3/t17-,18-,19-,21+,22+,23+,25-,26-/m0/s1. The average Bonchev–Trinajstić information content (AvgIpc) is 3.25. The van der Waals surface area contributed by atoms with Gasteiger partial charge in [-0.1, -0.05) is 32.4 Å². The van der Waals surface area contributed by atoms with Crippen molar-refractivity contribution in [2.75, 3.05) is 6.61 Å². The number of aliphatic hydroxyl groups excluding tert-OH is 2. The fourth-order valence-electron chi connectivity index (χ4n) is 8.31.